The third kappa shape index (κ3) is 3.83. The first-order valence-electron chi connectivity index (χ1n) is 7.81. The summed E-state index contributed by atoms with van der Waals surface area (Å²) < 4.78 is 33.1. The predicted octanol–water partition coefficient (Wildman–Crippen LogP) is 3.79. The van der Waals surface area contributed by atoms with Crippen LogP contribution in [0.3, 0.4) is 0 Å². The van der Waals surface area contributed by atoms with Crippen LogP contribution in [-0.2, 0) is 6.54 Å². The number of carbonyl (C=O) groups excluding carboxylic acids is 1. The summed E-state index contributed by atoms with van der Waals surface area (Å²) in [5.41, 5.74) is 1.16. The average molecular weight is 355 g/mol. The van der Waals surface area contributed by atoms with Crippen LogP contribution in [0.2, 0.25) is 0 Å². The molecule has 0 atom stereocenters. The third-order valence-electron chi connectivity index (χ3n) is 3.68. The van der Waals surface area contributed by atoms with E-state index in [0.29, 0.717) is 11.1 Å². The summed E-state index contributed by atoms with van der Waals surface area (Å²) in [6.07, 6.45) is 4.50. The molecule has 0 fully saturated rings. The van der Waals surface area contributed by atoms with Crippen molar-refractivity contribution in [3.05, 3.63) is 83.3 Å². The maximum absolute atomic E-state index is 14.0. The zero-order chi connectivity index (χ0) is 18.5. The Labute approximate surface area is 148 Å². The topological polar surface area (TPSA) is 64.1 Å². The summed E-state index contributed by atoms with van der Waals surface area (Å²) in [5.74, 6) is -2.53. The Morgan fingerprint density at radius 1 is 1.08 bits per heavy atom. The van der Waals surface area contributed by atoms with Gasteiger partial charge in [-0.25, -0.2) is 9.37 Å². The molecule has 0 bridgehead atoms. The van der Waals surface area contributed by atoms with Crippen molar-refractivity contribution < 1.29 is 18.3 Å². The normalized spacial score (nSPS) is 10.4. The number of hydrogen-bond acceptors (Lipinski definition) is 4. The van der Waals surface area contributed by atoms with Gasteiger partial charge in [0.1, 0.15) is 0 Å². The maximum Gasteiger partial charge on any atom is 0.251 e. The molecule has 1 N–H and O–H groups in total. The number of halogens is 2. The molecule has 1 aromatic carbocycles. The minimum atomic E-state index is -1.08. The van der Waals surface area contributed by atoms with E-state index in [1.165, 1.54) is 37.6 Å². The number of ether oxygens (including phenoxy) is 1. The molecule has 3 aromatic rings. The van der Waals surface area contributed by atoms with Crippen molar-refractivity contribution in [2.45, 2.75) is 13.5 Å². The van der Waals surface area contributed by atoms with Crippen LogP contribution in [0.15, 0.2) is 55.0 Å². The summed E-state index contributed by atoms with van der Waals surface area (Å²) in [6.45, 7) is 1.57. The smallest absolute Gasteiger partial charge is 0.251 e. The van der Waals surface area contributed by atoms with E-state index in [1.807, 2.05) is 0 Å². The first-order chi connectivity index (χ1) is 12.6. The number of amides is 1. The van der Waals surface area contributed by atoms with Crippen molar-refractivity contribution in [2.24, 2.45) is 0 Å². The lowest BCUT2D eigenvalue weighted by Crippen LogP contribution is -2.23. The number of pyridine rings is 2. The molecular formula is C19H15F2N3O2. The molecule has 7 heteroatoms. The van der Waals surface area contributed by atoms with Crippen molar-refractivity contribution in [2.75, 3.05) is 0 Å². The van der Waals surface area contributed by atoms with Crippen molar-refractivity contribution in [1.29, 1.82) is 0 Å². The molecule has 2 heterocycles. The third-order valence-corrected chi connectivity index (χ3v) is 3.68. The lowest BCUT2D eigenvalue weighted by molar-refractivity contribution is 0.0950. The number of hydrogen-bond donors (Lipinski definition) is 1. The second kappa shape index (κ2) is 7.69. The van der Waals surface area contributed by atoms with Gasteiger partial charge in [0.25, 0.3) is 5.91 Å². The van der Waals surface area contributed by atoms with Crippen LogP contribution in [0.5, 0.6) is 11.6 Å². The number of aryl methyl sites for hydroxylation is 1. The minimum absolute atomic E-state index is 0.0877. The van der Waals surface area contributed by atoms with Crippen LogP contribution in [0.25, 0.3) is 0 Å². The molecule has 0 aliphatic heterocycles. The Morgan fingerprint density at radius 3 is 2.62 bits per heavy atom. The highest BCUT2D eigenvalue weighted by molar-refractivity contribution is 5.93. The zero-order valence-corrected chi connectivity index (χ0v) is 13.9. The lowest BCUT2D eigenvalue weighted by atomic mass is 10.2. The van der Waals surface area contributed by atoms with Gasteiger partial charge in [-0.15, -0.1) is 0 Å². The number of benzene rings is 1. The van der Waals surface area contributed by atoms with Crippen LogP contribution >= 0.6 is 0 Å². The summed E-state index contributed by atoms with van der Waals surface area (Å²) in [5, 5.41) is 2.72. The van der Waals surface area contributed by atoms with E-state index >= 15 is 0 Å². The fraction of sp³-hybridized carbons (Fsp3) is 0.105. The SMILES string of the molecule is Cc1ccc(Oc2ncccc2CNC(=O)c2ccncc2)c(F)c1F. The van der Waals surface area contributed by atoms with Gasteiger partial charge in [-0.2, -0.15) is 4.39 Å². The highest BCUT2D eigenvalue weighted by atomic mass is 19.2. The van der Waals surface area contributed by atoms with Crippen LogP contribution in [0, 0.1) is 18.6 Å². The fourth-order valence-electron chi connectivity index (χ4n) is 2.24. The highest BCUT2D eigenvalue weighted by Gasteiger charge is 2.15. The molecule has 0 aliphatic carbocycles. The van der Waals surface area contributed by atoms with E-state index in [2.05, 4.69) is 15.3 Å². The van der Waals surface area contributed by atoms with Gasteiger partial charge in [0.15, 0.2) is 11.6 Å². The molecule has 0 saturated carbocycles. The molecule has 132 valence electrons. The van der Waals surface area contributed by atoms with E-state index in [4.69, 9.17) is 4.74 Å². The van der Waals surface area contributed by atoms with Crippen molar-refractivity contribution in [3.63, 3.8) is 0 Å². The van der Waals surface area contributed by atoms with Gasteiger partial charge >= 0.3 is 0 Å². The van der Waals surface area contributed by atoms with E-state index in [0.717, 1.165) is 0 Å². The fourth-order valence-corrected chi connectivity index (χ4v) is 2.24. The molecule has 0 saturated heterocycles. The first kappa shape index (κ1) is 17.5. The van der Waals surface area contributed by atoms with Gasteiger partial charge in [-0.05, 0) is 36.8 Å². The van der Waals surface area contributed by atoms with Crippen molar-refractivity contribution in [1.82, 2.24) is 15.3 Å². The summed E-state index contributed by atoms with van der Waals surface area (Å²) in [6, 6.07) is 9.26. The Kier molecular flexibility index (Phi) is 5.17. The summed E-state index contributed by atoms with van der Waals surface area (Å²) in [4.78, 5) is 20.0. The molecule has 2 aromatic heterocycles. The van der Waals surface area contributed by atoms with E-state index in [1.54, 1.807) is 24.3 Å². The summed E-state index contributed by atoms with van der Waals surface area (Å²) >= 11 is 0. The zero-order valence-electron chi connectivity index (χ0n) is 13.9. The molecule has 0 unspecified atom stereocenters. The molecule has 0 aliphatic rings. The monoisotopic (exact) mass is 355 g/mol. The second-order valence-corrected chi connectivity index (χ2v) is 5.50. The Morgan fingerprint density at radius 2 is 1.85 bits per heavy atom. The highest BCUT2D eigenvalue weighted by Crippen LogP contribution is 2.28. The van der Waals surface area contributed by atoms with E-state index in [-0.39, 0.29) is 29.6 Å². The lowest BCUT2D eigenvalue weighted by Gasteiger charge is -2.12. The standard InChI is InChI=1S/C19H15F2N3O2/c1-12-4-5-15(17(21)16(12)20)26-19-14(3-2-8-23-19)11-24-18(25)13-6-9-22-10-7-13/h2-10H,11H2,1H3,(H,24,25). The number of rotatable bonds is 5. The molecule has 0 radical (unpaired) electrons. The predicted molar refractivity (Wildman–Crippen MR) is 90.8 cm³/mol. The van der Waals surface area contributed by atoms with Gasteiger partial charge in [-0.1, -0.05) is 12.1 Å². The number of nitrogens with zero attached hydrogens (tertiary/aromatic N) is 2. The second-order valence-electron chi connectivity index (χ2n) is 5.50. The number of nitrogens with one attached hydrogen (secondary N) is 1. The van der Waals surface area contributed by atoms with Gasteiger partial charge in [0.05, 0.1) is 0 Å². The van der Waals surface area contributed by atoms with E-state index < -0.39 is 11.6 Å². The van der Waals surface area contributed by atoms with Gasteiger partial charge in [0, 0.05) is 36.3 Å². The first-order valence-corrected chi connectivity index (χ1v) is 7.81. The van der Waals surface area contributed by atoms with Crippen LogP contribution in [-0.4, -0.2) is 15.9 Å². The number of carbonyl (C=O) groups is 1. The Balaban J connectivity index is 1.77. The van der Waals surface area contributed by atoms with Gasteiger partial charge in [-0.3, -0.25) is 9.78 Å². The molecule has 1 amide bonds. The molecule has 5 nitrogen and oxygen atoms in total. The molecule has 0 spiro atoms. The summed E-state index contributed by atoms with van der Waals surface area (Å²) in [7, 11) is 0. The quantitative estimate of drug-likeness (QED) is 0.756. The van der Waals surface area contributed by atoms with Gasteiger partial charge < -0.3 is 10.1 Å². The van der Waals surface area contributed by atoms with Crippen LogP contribution in [0.1, 0.15) is 21.5 Å². The average Bonchev–Trinajstić information content (AvgIpc) is 2.68. The van der Waals surface area contributed by atoms with Crippen LogP contribution in [0.4, 0.5) is 8.78 Å². The Bertz CT molecular complexity index is 933. The van der Waals surface area contributed by atoms with Crippen molar-refractivity contribution in [3.8, 4) is 11.6 Å². The molecular weight excluding hydrogens is 340 g/mol. The Hall–Kier alpha value is -3.35. The van der Waals surface area contributed by atoms with E-state index in [9.17, 15) is 13.6 Å². The van der Waals surface area contributed by atoms with Crippen LogP contribution < -0.4 is 10.1 Å². The van der Waals surface area contributed by atoms with Crippen molar-refractivity contribution >= 4 is 5.91 Å². The maximum atomic E-state index is 14.0. The minimum Gasteiger partial charge on any atom is -0.435 e. The largest absolute Gasteiger partial charge is 0.435 e. The number of aromatic nitrogens is 2. The molecule has 26 heavy (non-hydrogen) atoms. The van der Waals surface area contributed by atoms with Gasteiger partial charge in [0.2, 0.25) is 11.7 Å². The molecule has 3 rings (SSSR count).